The highest BCUT2D eigenvalue weighted by Crippen LogP contribution is 2.27. The zero-order valence-corrected chi connectivity index (χ0v) is 11.9. The van der Waals surface area contributed by atoms with E-state index in [-0.39, 0.29) is 11.5 Å². The Morgan fingerprint density at radius 2 is 2.20 bits per heavy atom. The van der Waals surface area contributed by atoms with Crippen LogP contribution in [-0.4, -0.2) is 16.8 Å². The molecule has 0 saturated carbocycles. The lowest BCUT2D eigenvalue weighted by molar-refractivity contribution is -0.116. The Morgan fingerprint density at radius 3 is 2.90 bits per heavy atom. The molecule has 1 aromatic carbocycles. The summed E-state index contributed by atoms with van der Waals surface area (Å²) in [6, 6.07) is 3.28. The third-order valence-electron chi connectivity index (χ3n) is 2.50. The average molecular weight is 317 g/mol. The third kappa shape index (κ3) is 3.74. The lowest BCUT2D eigenvalue weighted by Crippen LogP contribution is -2.10. The molecule has 0 unspecified atom stereocenters. The van der Waals surface area contributed by atoms with E-state index in [0.717, 1.165) is 12.1 Å². The first-order valence-electron chi connectivity index (χ1n) is 5.87. The first-order chi connectivity index (χ1) is 9.60. The predicted octanol–water partition coefficient (Wildman–Crippen LogP) is 4.05. The molecule has 2 rings (SSSR count). The Labute approximate surface area is 123 Å². The van der Waals surface area contributed by atoms with Gasteiger partial charge in [0, 0.05) is 29.3 Å². The van der Waals surface area contributed by atoms with Gasteiger partial charge in [0.15, 0.2) is 5.13 Å². The number of carbonyl (C=O) groups is 1. The number of hydrogen-bond acceptors (Lipinski definition) is 3. The molecule has 20 heavy (non-hydrogen) atoms. The van der Waals surface area contributed by atoms with Gasteiger partial charge in [0.1, 0.15) is 11.6 Å². The zero-order chi connectivity index (χ0) is 14.5. The second kappa shape index (κ2) is 6.76. The number of amides is 1. The number of nitrogens with one attached hydrogen (secondary N) is 1. The van der Waals surface area contributed by atoms with Crippen molar-refractivity contribution in [2.24, 2.45) is 0 Å². The minimum atomic E-state index is -0.685. The number of anilines is 1. The highest BCUT2D eigenvalue weighted by atomic mass is 35.5. The van der Waals surface area contributed by atoms with Crippen LogP contribution in [0.15, 0.2) is 23.6 Å². The van der Waals surface area contributed by atoms with E-state index in [4.69, 9.17) is 11.6 Å². The molecule has 1 aromatic heterocycles. The second-order valence-electron chi connectivity index (χ2n) is 4.00. The summed E-state index contributed by atoms with van der Waals surface area (Å²) >= 11 is 6.68. The van der Waals surface area contributed by atoms with Crippen molar-refractivity contribution in [2.45, 2.75) is 12.8 Å². The van der Waals surface area contributed by atoms with Crippen molar-refractivity contribution in [2.75, 3.05) is 11.2 Å². The number of halogens is 3. The van der Waals surface area contributed by atoms with Gasteiger partial charge in [-0.3, -0.25) is 4.79 Å². The number of benzene rings is 1. The van der Waals surface area contributed by atoms with Crippen LogP contribution in [0.25, 0.3) is 11.3 Å². The van der Waals surface area contributed by atoms with E-state index in [1.807, 2.05) is 0 Å². The molecule has 1 amide bonds. The van der Waals surface area contributed by atoms with E-state index >= 15 is 0 Å². The molecule has 0 saturated heterocycles. The highest BCUT2D eigenvalue weighted by Gasteiger charge is 2.11. The van der Waals surface area contributed by atoms with Crippen molar-refractivity contribution in [1.82, 2.24) is 4.98 Å². The predicted molar refractivity (Wildman–Crippen MR) is 76.0 cm³/mol. The highest BCUT2D eigenvalue weighted by molar-refractivity contribution is 7.14. The van der Waals surface area contributed by atoms with Crippen LogP contribution < -0.4 is 5.32 Å². The van der Waals surface area contributed by atoms with Gasteiger partial charge in [-0.1, -0.05) is 0 Å². The normalized spacial score (nSPS) is 10.6. The maximum Gasteiger partial charge on any atom is 0.226 e. The Balaban J connectivity index is 2.10. The van der Waals surface area contributed by atoms with Gasteiger partial charge in [0.05, 0.1) is 5.69 Å². The average Bonchev–Trinajstić information content (AvgIpc) is 2.84. The first kappa shape index (κ1) is 14.9. The van der Waals surface area contributed by atoms with Crippen molar-refractivity contribution < 1.29 is 13.6 Å². The maximum absolute atomic E-state index is 13.6. The van der Waals surface area contributed by atoms with E-state index in [1.165, 1.54) is 17.4 Å². The van der Waals surface area contributed by atoms with Gasteiger partial charge < -0.3 is 5.32 Å². The SMILES string of the molecule is O=C(CCCCl)Nc1nc(-c2ccc(F)cc2F)cs1. The lowest BCUT2D eigenvalue weighted by atomic mass is 10.1. The summed E-state index contributed by atoms with van der Waals surface area (Å²) in [5.74, 6) is -1.10. The molecule has 7 heteroatoms. The van der Waals surface area contributed by atoms with E-state index < -0.39 is 11.6 Å². The van der Waals surface area contributed by atoms with Crippen LogP contribution >= 0.6 is 22.9 Å². The van der Waals surface area contributed by atoms with Gasteiger partial charge in [-0.05, 0) is 18.6 Å². The molecule has 0 atom stereocenters. The van der Waals surface area contributed by atoms with Crippen molar-refractivity contribution in [3.8, 4) is 11.3 Å². The van der Waals surface area contributed by atoms with Crippen LogP contribution in [0.4, 0.5) is 13.9 Å². The molecule has 106 valence electrons. The summed E-state index contributed by atoms with van der Waals surface area (Å²) in [4.78, 5) is 15.6. The molecule has 0 radical (unpaired) electrons. The number of rotatable bonds is 5. The minimum absolute atomic E-state index is 0.189. The van der Waals surface area contributed by atoms with Gasteiger partial charge in [-0.2, -0.15) is 0 Å². The van der Waals surface area contributed by atoms with Crippen LogP contribution in [0.5, 0.6) is 0 Å². The summed E-state index contributed by atoms with van der Waals surface area (Å²) in [5.41, 5.74) is 0.559. The minimum Gasteiger partial charge on any atom is -0.302 e. The monoisotopic (exact) mass is 316 g/mol. The molecule has 0 fully saturated rings. The summed E-state index contributed by atoms with van der Waals surface area (Å²) in [7, 11) is 0. The van der Waals surface area contributed by atoms with Crippen molar-refractivity contribution in [1.29, 1.82) is 0 Å². The summed E-state index contributed by atoms with van der Waals surface area (Å²) in [6.45, 7) is 0. The molecule has 0 spiro atoms. The van der Waals surface area contributed by atoms with Crippen LogP contribution in [0.3, 0.4) is 0 Å². The molecular formula is C13H11ClF2N2OS. The lowest BCUT2D eigenvalue weighted by Gasteiger charge is -2.00. The van der Waals surface area contributed by atoms with Gasteiger partial charge in [-0.15, -0.1) is 22.9 Å². The quantitative estimate of drug-likeness (QED) is 0.846. The van der Waals surface area contributed by atoms with Gasteiger partial charge in [-0.25, -0.2) is 13.8 Å². The Kier molecular flexibility index (Phi) is 5.03. The van der Waals surface area contributed by atoms with Crippen LogP contribution in [0, 0.1) is 11.6 Å². The first-order valence-corrected chi connectivity index (χ1v) is 7.28. The number of aromatic nitrogens is 1. The van der Waals surface area contributed by atoms with E-state index in [0.29, 0.717) is 29.5 Å². The Hall–Kier alpha value is -1.53. The number of hydrogen-bond donors (Lipinski definition) is 1. The Morgan fingerprint density at radius 1 is 1.40 bits per heavy atom. The largest absolute Gasteiger partial charge is 0.302 e. The number of nitrogens with zero attached hydrogens (tertiary/aromatic N) is 1. The topological polar surface area (TPSA) is 42.0 Å². The van der Waals surface area contributed by atoms with Crippen molar-refractivity contribution >= 4 is 34.0 Å². The van der Waals surface area contributed by atoms with Gasteiger partial charge >= 0.3 is 0 Å². The molecule has 1 heterocycles. The number of thiazole rings is 1. The second-order valence-corrected chi connectivity index (χ2v) is 5.24. The molecule has 0 aliphatic carbocycles. The molecule has 1 N–H and O–H groups in total. The van der Waals surface area contributed by atoms with E-state index in [2.05, 4.69) is 10.3 Å². The van der Waals surface area contributed by atoms with E-state index in [9.17, 15) is 13.6 Å². The summed E-state index contributed by atoms with van der Waals surface area (Å²) < 4.78 is 26.4. The maximum atomic E-state index is 13.6. The fourth-order valence-corrected chi connectivity index (χ4v) is 2.42. The van der Waals surface area contributed by atoms with Crippen molar-refractivity contribution in [3.05, 3.63) is 35.2 Å². The van der Waals surface area contributed by atoms with Crippen LogP contribution in [0.2, 0.25) is 0 Å². The number of alkyl halides is 1. The molecule has 3 nitrogen and oxygen atoms in total. The van der Waals surface area contributed by atoms with E-state index in [1.54, 1.807) is 5.38 Å². The Bertz CT molecular complexity index is 618. The third-order valence-corrected chi connectivity index (χ3v) is 3.52. The fourth-order valence-electron chi connectivity index (χ4n) is 1.56. The molecular weight excluding hydrogens is 306 g/mol. The molecule has 2 aromatic rings. The fraction of sp³-hybridized carbons (Fsp3) is 0.231. The van der Waals surface area contributed by atoms with Crippen LogP contribution in [-0.2, 0) is 4.79 Å². The van der Waals surface area contributed by atoms with Crippen molar-refractivity contribution in [3.63, 3.8) is 0 Å². The number of carbonyl (C=O) groups excluding carboxylic acids is 1. The molecule has 0 aliphatic heterocycles. The van der Waals surface area contributed by atoms with Gasteiger partial charge in [0.2, 0.25) is 5.91 Å². The van der Waals surface area contributed by atoms with Crippen LogP contribution in [0.1, 0.15) is 12.8 Å². The zero-order valence-electron chi connectivity index (χ0n) is 10.3. The van der Waals surface area contributed by atoms with Gasteiger partial charge in [0.25, 0.3) is 0 Å². The standard InChI is InChI=1S/C13H11ClF2N2OS/c14-5-1-2-12(19)18-13-17-11(7-20-13)9-4-3-8(15)6-10(9)16/h3-4,6-7H,1-2,5H2,(H,17,18,19). The summed E-state index contributed by atoms with van der Waals surface area (Å²) in [5, 5.41) is 4.59. The molecule has 0 bridgehead atoms. The molecule has 0 aliphatic rings. The summed E-state index contributed by atoms with van der Waals surface area (Å²) in [6.07, 6.45) is 0.890. The smallest absolute Gasteiger partial charge is 0.226 e.